The lowest BCUT2D eigenvalue weighted by Gasteiger charge is -2.15. The molecule has 2 heterocycles. The zero-order valence-corrected chi connectivity index (χ0v) is 16.1. The van der Waals surface area contributed by atoms with E-state index in [0.717, 1.165) is 28.3 Å². The van der Waals surface area contributed by atoms with Crippen molar-refractivity contribution in [2.75, 3.05) is 5.73 Å². The van der Waals surface area contributed by atoms with E-state index in [1.54, 1.807) is 4.68 Å². The van der Waals surface area contributed by atoms with Gasteiger partial charge >= 0.3 is 0 Å². The first kappa shape index (κ1) is 17.8. The Morgan fingerprint density at radius 3 is 2.15 bits per heavy atom. The fourth-order valence-electron chi connectivity index (χ4n) is 2.74. The molecule has 0 aliphatic carbocycles. The van der Waals surface area contributed by atoms with Crippen LogP contribution in [0.4, 0.5) is 17.2 Å². The number of nitrogens with two attached hydrogens (primary N) is 1. The number of anilines is 1. The average molecular weight is 351 g/mol. The lowest BCUT2D eigenvalue weighted by atomic mass is 9.91. The Kier molecular flexibility index (Phi) is 4.39. The van der Waals surface area contributed by atoms with Crippen molar-refractivity contribution in [2.45, 2.75) is 33.1 Å². The number of nitrogen functional groups attached to an aromatic ring is 1. The van der Waals surface area contributed by atoms with Gasteiger partial charge in [-0.05, 0) is 6.92 Å². The molecule has 0 saturated carbocycles. The first-order valence-electron chi connectivity index (χ1n) is 8.54. The summed E-state index contributed by atoms with van der Waals surface area (Å²) >= 11 is 0. The summed E-state index contributed by atoms with van der Waals surface area (Å²) in [6.45, 7) is 8.22. The van der Waals surface area contributed by atoms with E-state index in [0.29, 0.717) is 11.5 Å². The van der Waals surface area contributed by atoms with Gasteiger partial charge in [-0.15, -0.1) is 10.2 Å². The van der Waals surface area contributed by atoms with Crippen molar-refractivity contribution in [2.24, 2.45) is 24.3 Å². The molecule has 0 unspecified atom stereocenters. The predicted octanol–water partition coefficient (Wildman–Crippen LogP) is 4.42. The van der Waals surface area contributed by atoms with Crippen molar-refractivity contribution in [3.63, 3.8) is 0 Å². The van der Waals surface area contributed by atoms with Gasteiger partial charge in [0.2, 0.25) is 0 Å². The maximum absolute atomic E-state index is 6.18. The third-order valence-corrected chi connectivity index (χ3v) is 4.38. The van der Waals surface area contributed by atoms with Crippen molar-refractivity contribution in [3.05, 3.63) is 41.7 Å². The highest BCUT2D eigenvalue weighted by Gasteiger charge is 2.25. The van der Waals surface area contributed by atoms with Gasteiger partial charge in [0.1, 0.15) is 17.2 Å². The molecule has 0 spiro atoms. The number of azo groups is 1. The molecule has 0 fully saturated rings. The molecule has 0 aliphatic rings. The van der Waals surface area contributed by atoms with E-state index in [2.05, 4.69) is 41.2 Å². The molecule has 7 nitrogen and oxygen atoms in total. The van der Waals surface area contributed by atoms with Crippen LogP contribution in [0.1, 0.15) is 32.2 Å². The highest BCUT2D eigenvalue weighted by atomic mass is 15.3. The average Bonchev–Trinajstić information content (AvgIpc) is 3.04. The van der Waals surface area contributed by atoms with Gasteiger partial charge in [0, 0.05) is 25.1 Å². The van der Waals surface area contributed by atoms with E-state index in [4.69, 9.17) is 5.73 Å². The number of rotatable bonds is 3. The molecule has 0 aliphatic heterocycles. The lowest BCUT2D eigenvalue weighted by molar-refractivity contribution is 0.554. The van der Waals surface area contributed by atoms with Gasteiger partial charge in [-0.1, -0.05) is 51.1 Å². The number of aromatic nitrogens is 4. The summed E-state index contributed by atoms with van der Waals surface area (Å²) in [5, 5.41) is 18.1. The minimum absolute atomic E-state index is 0.185. The summed E-state index contributed by atoms with van der Waals surface area (Å²) in [6.07, 6.45) is 0. The second-order valence-electron chi connectivity index (χ2n) is 7.43. The molecule has 0 radical (unpaired) electrons. The molecule has 3 rings (SSSR count). The molecule has 1 aromatic carbocycles. The smallest absolute Gasteiger partial charge is 0.151 e. The zero-order chi connectivity index (χ0) is 19.1. The van der Waals surface area contributed by atoms with Gasteiger partial charge in [0.25, 0.3) is 0 Å². The van der Waals surface area contributed by atoms with Crippen molar-refractivity contribution in [1.82, 2.24) is 19.6 Å². The van der Waals surface area contributed by atoms with Crippen LogP contribution in [0.2, 0.25) is 0 Å². The van der Waals surface area contributed by atoms with E-state index >= 15 is 0 Å². The summed E-state index contributed by atoms with van der Waals surface area (Å²) < 4.78 is 3.46. The van der Waals surface area contributed by atoms with E-state index in [1.165, 1.54) is 0 Å². The first-order valence-corrected chi connectivity index (χ1v) is 8.54. The summed E-state index contributed by atoms with van der Waals surface area (Å²) in [4.78, 5) is 0. The van der Waals surface area contributed by atoms with Crippen LogP contribution in [0.15, 0.2) is 40.6 Å². The van der Waals surface area contributed by atoms with Gasteiger partial charge in [0.15, 0.2) is 5.69 Å². The van der Waals surface area contributed by atoms with Gasteiger partial charge < -0.3 is 5.73 Å². The Labute approximate surface area is 153 Å². The fourth-order valence-corrected chi connectivity index (χ4v) is 2.74. The van der Waals surface area contributed by atoms with Crippen molar-refractivity contribution in [1.29, 1.82) is 0 Å². The number of nitrogens with zero attached hydrogens (tertiary/aromatic N) is 6. The van der Waals surface area contributed by atoms with Gasteiger partial charge in [0.05, 0.1) is 11.4 Å². The Balaban J connectivity index is 2.11. The Morgan fingerprint density at radius 2 is 1.54 bits per heavy atom. The topological polar surface area (TPSA) is 86.4 Å². The van der Waals surface area contributed by atoms with Crippen LogP contribution in [0.25, 0.3) is 11.3 Å². The highest BCUT2D eigenvalue weighted by molar-refractivity contribution is 5.74. The summed E-state index contributed by atoms with van der Waals surface area (Å²) in [6, 6.07) is 9.97. The van der Waals surface area contributed by atoms with E-state index < -0.39 is 0 Å². The molecule has 2 aromatic heterocycles. The van der Waals surface area contributed by atoms with Crippen LogP contribution >= 0.6 is 0 Å². The molecule has 0 saturated heterocycles. The number of hydrogen-bond donors (Lipinski definition) is 1. The molecule has 2 N–H and O–H groups in total. The van der Waals surface area contributed by atoms with Crippen LogP contribution in [0.5, 0.6) is 0 Å². The number of hydrogen-bond acceptors (Lipinski definition) is 5. The molecular weight excluding hydrogens is 326 g/mol. The normalized spacial score (nSPS) is 12.2. The van der Waals surface area contributed by atoms with Crippen LogP contribution in [0, 0.1) is 6.92 Å². The minimum atomic E-state index is -0.185. The molecule has 136 valence electrons. The fraction of sp³-hybridized carbons (Fsp3) is 0.368. The van der Waals surface area contributed by atoms with E-state index in [-0.39, 0.29) is 5.41 Å². The summed E-state index contributed by atoms with van der Waals surface area (Å²) in [5.41, 5.74) is 10.9. The van der Waals surface area contributed by atoms with Crippen LogP contribution in [0.3, 0.4) is 0 Å². The van der Waals surface area contributed by atoms with Crippen LogP contribution in [-0.2, 0) is 19.5 Å². The molecule has 7 heteroatoms. The van der Waals surface area contributed by atoms with Crippen molar-refractivity contribution < 1.29 is 0 Å². The van der Waals surface area contributed by atoms with Gasteiger partial charge in [-0.3, -0.25) is 9.36 Å². The summed E-state index contributed by atoms with van der Waals surface area (Å²) in [5.74, 6) is 0.501. The van der Waals surface area contributed by atoms with Crippen LogP contribution in [-0.4, -0.2) is 19.6 Å². The molecule has 0 bridgehead atoms. The molecule has 0 atom stereocenters. The first-order chi connectivity index (χ1) is 12.2. The zero-order valence-electron chi connectivity index (χ0n) is 16.1. The van der Waals surface area contributed by atoms with Gasteiger partial charge in [-0.25, -0.2) is 0 Å². The molecular formula is C19H25N7. The Bertz CT molecular complexity index is 956. The van der Waals surface area contributed by atoms with E-state index in [9.17, 15) is 0 Å². The SMILES string of the molecule is Cc1c(/N=N/c2c(C(C)(C)C)nn(C)c2N)c(-c2ccccc2)nn1C. The standard InChI is InChI=1S/C19H25N7/c1-12-14(15(23-25(12)5)13-10-8-7-9-11-13)21-22-16-17(19(2,3)4)24-26(6)18(16)20/h7-11H,20H2,1-6H3/b22-21+. The number of benzene rings is 1. The third kappa shape index (κ3) is 3.12. The molecule has 0 amide bonds. The second-order valence-corrected chi connectivity index (χ2v) is 7.43. The maximum Gasteiger partial charge on any atom is 0.151 e. The predicted molar refractivity (Wildman–Crippen MR) is 104 cm³/mol. The Hall–Kier alpha value is -2.96. The molecule has 3 aromatic rings. The number of aryl methyl sites for hydroxylation is 2. The van der Waals surface area contributed by atoms with Crippen molar-refractivity contribution in [3.8, 4) is 11.3 Å². The van der Waals surface area contributed by atoms with E-state index in [1.807, 2.05) is 56.0 Å². The monoisotopic (exact) mass is 351 g/mol. The lowest BCUT2D eigenvalue weighted by Crippen LogP contribution is -2.12. The van der Waals surface area contributed by atoms with Crippen LogP contribution < -0.4 is 5.73 Å². The largest absolute Gasteiger partial charge is 0.382 e. The highest BCUT2D eigenvalue weighted by Crippen LogP contribution is 2.38. The second kappa shape index (κ2) is 6.40. The quantitative estimate of drug-likeness (QED) is 0.708. The minimum Gasteiger partial charge on any atom is -0.382 e. The molecule has 26 heavy (non-hydrogen) atoms. The van der Waals surface area contributed by atoms with Crippen molar-refractivity contribution >= 4 is 17.2 Å². The summed E-state index contributed by atoms with van der Waals surface area (Å²) in [7, 11) is 3.72. The maximum atomic E-state index is 6.18. The van der Waals surface area contributed by atoms with Gasteiger partial charge in [-0.2, -0.15) is 10.2 Å². The Morgan fingerprint density at radius 1 is 0.923 bits per heavy atom. The third-order valence-electron chi connectivity index (χ3n) is 4.38.